The Morgan fingerprint density at radius 2 is 2.05 bits per heavy atom. The first kappa shape index (κ1) is 16.1. The summed E-state index contributed by atoms with van der Waals surface area (Å²) < 4.78 is 40.5. The second-order valence-electron chi connectivity index (χ2n) is 4.92. The van der Waals surface area contributed by atoms with Crippen molar-refractivity contribution in [1.82, 2.24) is 15.1 Å². The van der Waals surface area contributed by atoms with Crippen LogP contribution in [0.2, 0.25) is 0 Å². The third-order valence-electron chi connectivity index (χ3n) is 3.32. The molecule has 1 heterocycles. The molecule has 118 valence electrons. The smallest absolute Gasteiger partial charge is 0.345 e. The van der Waals surface area contributed by atoms with E-state index in [4.69, 9.17) is 0 Å². The maximum atomic E-state index is 13.0. The first-order valence-corrected chi connectivity index (χ1v) is 6.78. The van der Waals surface area contributed by atoms with Gasteiger partial charge in [0.2, 0.25) is 0 Å². The minimum Gasteiger partial charge on any atom is -0.345 e. The lowest BCUT2D eigenvalue weighted by molar-refractivity contribution is -0.137. The van der Waals surface area contributed by atoms with Crippen molar-refractivity contribution >= 4 is 5.91 Å². The van der Waals surface area contributed by atoms with Crippen LogP contribution in [-0.2, 0) is 13.2 Å². The summed E-state index contributed by atoms with van der Waals surface area (Å²) in [4.78, 5) is 12.2. The summed E-state index contributed by atoms with van der Waals surface area (Å²) in [6.45, 7) is 1.84. The molecule has 7 heteroatoms. The highest BCUT2D eigenvalue weighted by Gasteiger charge is 2.35. The van der Waals surface area contributed by atoms with Gasteiger partial charge in [0.25, 0.3) is 5.91 Å². The molecule has 1 N–H and O–H groups in total. The van der Waals surface area contributed by atoms with Crippen molar-refractivity contribution in [3.63, 3.8) is 0 Å². The highest BCUT2D eigenvalue weighted by atomic mass is 19.4. The average Bonchev–Trinajstić information content (AvgIpc) is 2.90. The van der Waals surface area contributed by atoms with Crippen LogP contribution in [-0.4, -0.2) is 15.7 Å². The second kappa shape index (κ2) is 6.21. The number of rotatable bonds is 4. The van der Waals surface area contributed by atoms with Crippen LogP contribution in [0.4, 0.5) is 13.2 Å². The molecule has 1 atom stereocenters. The molecule has 0 unspecified atom stereocenters. The number of hydrogen-bond acceptors (Lipinski definition) is 2. The number of nitrogens with one attached hydrogen (secondary N) is 1. The summed E-state index contributed by atoms with van der Waals surface area (Å²) in [7, 11) is 1.73. The highest BCUT2D eigenvalue weighted by Crippen LogP contribution is 2.32. The molecule has 0 aliphatic rings. The molecule has 1 aromatic heterocycles. The van der Waals surface area contributed by atoms with Gasteiger partial charge >= 0.3 is 6.18 Å². The van der Waals surface area contributed by atoms with Gasteiger partial charge in [0.1, 0.15) is 0 Å². The lowest BCUT2D eigenvalue weighted by Gasteiger charge is -2.17. The number of alkyl halides is 3. The Bertz CT molecular complexity index is 664. The third kappa shape index (κ3) is 3.47. The fourth-order valence-corrected chi connectivity index (χ4v) is 2.21. The Kier molecular flexibility index (Phi) is 4.54. The molecule has 1 aromatic carbocycles. The van der Waals surface area contributed by atoms with Crippen LogP contribution in [0.3, 0.4) is 0 Å². The molecule has 4 nitrogen and oxygen atoms in total. The average molecular weight is 311 g/mol. The van der Waals surface area contributed by atoms with E-state index in [-0.39, 0.29) is 11.6 Å². The van der Waals surface area contributed by atoms with Gasteiger partial charge in [-0.3, -0.25) is 9.48 Å². The van der Waals surface area contributed by atoms with Crippen molar-refractivity contribution in [2.24, 2.45) is 7.05 Å². The van der Waals surface area contributed by atoms with Gasteiger partial charge < -0.3 is 5.32 Å². The molecule has 0 fully saturated rings. The van der Waals surface area contributed by atoms with Crippen LogP contribution in [0.1, 0.15) is 40.9 Å². The van der Waals surface area contributed by atoms with E-state index in [0.717, 1.165) is 11.6 Å². The Balaban J connectivity index is 2.25. The van der Waals surface area contributed by atoms with Gasteiger partial charge in [0.05, 0.1) is 23.4 Å². The zero-order valence-corrected chi connectivity index (χ0v) is 12.2. The summed E-state index contributed by atoms with van der Waals surface area (Å²) in [6.07, 6.45) is -0.705. The molecule has 0 aliphatic carbocycles. The van der Waals surface area contributed by atoms with E-state index in [1.165, 1.54) is 18.2 Å². The quantitative estimate of drug-likeness (QED) is 0.941. The zero-order chi connectivity index (χ0) is 16.3. The molecular formula is C15H16F3N3O. The zero-order valence-electron chi connectivity index (χ0n) is 12.2. The maximum Gasteiger partial charge on any atom is 0.417 e. The Hall–Kier alpha value is -2.31. The number of halogens is 3. The number of aromatic nitrogens is 2. The van der Waals surface area contributed by atoms with E-state index in [1.54, 1.807) is 24.1 Å². The molecule has 0 saturated heterocycles. The molecule has 0 radical (unpaired) electrons. The van der Waals surface area contributed by atoms with Crippen molar-refractivity contribution in [3.05, 3.63) is 53.3 Å². The Morgan fingerprint density at radius 1 is 1.36 bits per heavy atom. The summed E-state index contributed by atoms with van der Waals surface area (Å²) in [5, 5.41) is 6.64. The summed E-state index contributed by atoms with van der Waals surface area (Å²) >= 11 is 0. The molecule has 22 heavy (non-hydrogen) atoms. The van der Waals surface area contributed by atoms with Gasteiger partial charge in [-0.15, -0.1) is 0 Å². The van der Waals surface area contributed by atoms with Gasteiger partial charge in [-0.2, -0.15) is 18.3 Å². The van der Waals surface area contributed by atoms with Crippen LogP contribution < -0.4 is 5.32 Å². The van der Waals surface area contributed by atoms with Crippen LogP contribution in [0.5, 0.6) is 0 Å². The standard InChI is InChI=1S/C15H16F3N3O/c1-3-13(10-8-19-21(2)9-10)20-14(22)11-6-4-5-7-12(11)15(16,17)18/h4-9,13H,3H2,1-2H3,(H,20,22)/t13-/m1/s1. The first-order valence-electron chi connectivity index (χ1n) is 6.78. The predicted octanol–water partition coefficient (Wildman–Crippen LogP) is 3.32. The minimum atomic E-state index is -4.57. The molecular weight excluding hydrogens is 295 g/mol. The molecule has 0 bridgehead atoms. The van der Waals surface area contributed by atoms with Crippen molar-refractivity contribution in [2.75, 3.05) is 0 Å². The molecule has 2 rings (SSSR count). The van der Waals surface area contributed by atoms with E-state index in [2.05, 4.69) is 10.4 Å². The Morgan fingerprint density at radius 3 is 2.59 bits per heavy atom. The fraction of sp³-hybridized carbons (Fsp3) is 0.333. The molecule has 0 saturated carbocycles. The molecule has 2 aromatic rings. The number of nitrogens with zero attached hydrogens (tertiary/aromatic N) is 2. The topological polar surface area (TPSA) is 46.9 Å². The van der Waals surface area contributed by atoms with E-state index >= 15 is 0 Å². The minimum absolute atomic E-state index is 0.377. The van der Waals surface area contributed by atoms with Crippen molar-refractivity contribution in [2.45, 2.75) is 25.6 Å². The maximum absolute atomic E-state index is 13.0. The SMILES string of the molecule is CC[C@@H](NC(=O)c1ccccc1C(F)(F)F)c1cnn(C)c1. The second-order valence-corrected chi connectivity index (χ2v) is 4.92. The van der Waals surface area contributed by atoms with Gasteiger partial charge in [0, 0.05) is 18.8 Å². The van der Waals surface area contributed by atoms with E-state index < -0.39 is 17.6 Å². The molecule has 0 aliphatic heterocycles. The van der Waals surface area contributed by atoms with E-state index in [1.807, 2.05) is 6.92 Å². The number of hydrogen-bond donors (Lipinski definition) is 1. The van der Waals surface area contributed by atoms with Gasteiger partial charge in [-0.25, -0.2) is 0 Å². The highest BCUT2D eigenvalue weighted by molar-refractivity contribution is 5.96. The summed E-state index contributed by atoms with van der Waals surface area (Å²) in [5.74, 6) is -0.747. The summed E-state index contributed by atoms with van der Waals surface area (Å²) in [6, 6.07) is 4.36. The monoisotopic (exact) mass is 311 g/mol. The first-order chi connectivity index (χ1) is 10.3. The van der Waals surface area contributed by atoms with Crippen LogP contribution in [0, 0.1) is 0 Å². The number of benzene rings is 1. The van der Waals surface area contributed by atoms with Crippen molar-refractivity contribution < 1.29 is 18.0 Å². The van der Waals surface area contributed by atoms with Gasteiger partial charge in [-0.05, 0) is 18.6 Å². The van der Waals surface area contributed by atoms with Crippen molar-refractivity contribution in [1.29, 1.82) is 0 Å². The molecule has 0 spiro atoms. The fourth-order valence-electron chi connectivity index (χ4n) is 2.21. The van der Waals surface area contributed by atoms with Gasteiger partial charge in [0.15, 0.2) is 0 Å². The van der Waals surface area contributed by atoms with Crippen LogP contribution in [0.15, 0.2) is 36.7 Å². The van der Waals surface area contributed by atoms with Crippen LogP contribution >= 0.6 is 0 Å². The molecule has 1 amide bonds. The van der Waals surface area contributed by atoms with E-state index in [9.17, 15) is 18.0 Å². The Labute approximate surface area is 125 Å². The predicted molar refractivity (Wildman–Crippen MR) is 75.2 cm³/mol. The van der Waals surface area contributed by atoms with Crippen LogP contribution in [0.25, 0.3) is 0 Å². The lowest BCUT2D eigenvalue weighted by Crippen LogP contribution is -2.29. The number of carbonyl (C=O) groups excluding carboxylic acids is 1. The third-order valence-corrected chi connectivity index (χ3v) is 3.32. The normalized spacial score (nSPS) is 13.0. The van der Waals surface area contributed by atoms with Crippen molar-refractivity contribution in [3.8, 4) is 0 Å². The number of aryl methyl sites for hydroxylation is 1. The number of carbonyl (C=O) groups is 1. The largest absolute Gasteiger partial charge is 0.417 e. The lowest BCUT2D eigenvalue weighted by atomic mass is 10.0. The number of amides is 1. The summed E-state index contributed by atoms with van der Waals surface area (Å²) in [5.41, 5.74) is -0.561. The van der Waals surface area contributed by atoms with E-state index in [0.29, 0.717) is 6.42 Å². The van der Waals surface area contributed by atoms with Gasteiger partial charge in [-0.1, -0.05) is 19.1 Å².